The summed E-state index contributed by atoms with van der Waals surface area (Å²) >= 11 is 9.65. The molecule has 27 heavy (non-hydrogen) atoms. The number of rotatable bonds is 5. The average molecular weight is 566 g/mol. The average Bonchev–Trinajstić information content (AvgIpc) is 3.09. The molecule has 3 rings (SSSR count). The Morgan fingerprint density at radius 2 is 2.19 bits per heavy atom. The fourth-order valence-corrected chi connectivity index (χ4v) is 3.69. The second kappa shape index (κ2) is 10.4. The van der Waals surface area contributed by atoms with E-state index in [1.807, 2.05) is 12.1 Å². The smallest absolute Gasteiger partial charge is 0.193 e. The molecule has 2 aromatic rings. The highest BCUT2D eigenvalue weighted by Gasteiger charge is 2.22. The zero-order valence-electron chi connectivity index (χ0n) is 15.0. The van der Waals surface area contributed by atoms with Gasteiger partial charge in [0.05, 0.1) is 12.1 Å². The minimum atomic E-state index is 0. The van der Waals surface area contributed by atoms with Gasteiger partial charge in [-0.1, -0.05) is 33.6 Å². The van der Waals surface area contributed by atoms with Gasteiger partial charge >= 0.3 is 0 Å². The molecular weight excluding hydrogens is 542 g/mol. The first-order valence-corrected chi connectivity index (χ1v) is 9.63. The molecule has 146 valence electrons. The van der Waals surface area contributed by atoms with Crippen LogP contribution in [0.25, 0.3) is 0 Å². The highest BCUT2D eigenvalue weighted by Crippen LogP contribution is 2.28. The van der Waals surface area contributed by atoms with Gasteiger partial charge in [-0.3, -0.25) is 4.99 Å². The molecule has 8 heteroatoms. The maximum Gasteiger partial charge on any atom is 0.193 e. The summed E-state index contributed by atoms with van der Waals surface area (Å²) in [5.74, 6) is 1.52. The van der Waals surface area contributed by atoms with Gasteiger partial charge < -0.3 is 20.7 Å². The zero-order chi connectivity index (χ0) is 18.5. The van der Waals surface area contributed by atoms with Crippen LogP contribution in [0.15, 0.2) is 51.9 Å². The summed E-state index contributed by atoms with van der Waals surface area (Å²) in [5, 5.41) is 3.61. The third kappa shape index (κ3) is 6.15. The summed E-state index contributed by atoms with van der Waals surface area (Å²) in [7, 11) is 1.59. The van der Waals surface area contributed by atoms with Crippen LogP contribution in [0.2, 0.25) is 5.02 Å². The lowest BCUT2D eigenvalue weighted by Crippen LogP contribution is -2.25. The number of guanidine groups is 1. The Morgan fingerprint density at radius 3 is 2.89 bits per heavy atom. The lowest BCUT2D eigenvalue weighted by Gasteiger charge is -2.18. The fraction of sp³-hybridized carbons (Fsp3) is 0.316. The van der Waals surface area contributed by atoms with Crippen molar-refractivity contribution in [3.05, 3.63) is 52.0 Å². The molecule has 0 amide bonds. The van der Waals surface area contributed by atoms with Gasteiger partial charge in [0.1, 0.15) is 5.75 Å². The highest BCUT2D eigenvalue weighted by molar-refractivity contribution is 14.0. The second-order valence-corrected chi connectivity index (χ2v) is 7.60. The van der Waals surface area contributed by atoms with Crippen LogP contribution in [-0.4, -0.2) is 32.7 Å². The molecule has 1 fully saturated rings. The predicted octanol–water partition coefficient (Wildman–Crippen LogP) is 4.98. The first kappa shape index (κ1) is 22.1. The SMILES string of the molecule is COc1ccc(NC(N)=NCC2CCN(c3cccc(Br)c3)C2)cc1Cl.I. The maximum atomic E-state index is 6.12. The Labute approximate surface area is 190 Å². The third-order valence-electron chi connectivity index (χ3n) is 4.40. The highest BCUT2D eigenvalue weighted by atomic mass is 127. The van der Waals surface area contributed by atoms with Crippen molar-refractivity contribution >= 4 is 68.8 Å². The Bertz CT molecular complexity index is 805. The number of methoxy groups -OCH3 is 1. The third-order valence-corrected chi connectivity index (χ3v) is 5.19. The summed E-state index contributed by atoms with van der Waals surface area (Å²) < 4.78 is 6.25. The van der Waals surface area contributed by atoms with Crippen molar-refractivity contribution in [1.82, 2.24) is 0 Å². The van der Waals surface area contributed by atoms with E-state index in [1.165, 1.54) is 5.69 Å². The molecule has 1 saturated heterocycles. The molecule has 3 N–H and O–H groups in total. The zero-order valence-corrected chi connectivity index (χ0v) is 19.7. The first-order chi connectivity index (χ1) is 12.5. The van der Waals surface area contributed by atoms with Crippen LogP contribution in [0.1, 0.15) is 6.42 Å². The first-order valence-electron chi connectivity index (χ1n) is 8.46. The lowest BCUT2D eigenvalue weighted by atomic mass is 10.1. The molecule has 0 bridgehead atoms. The Morgan fingerprint density at radius 1 is 1.37 bits per heavy atom. The van der Waals surface area contributed by atoms with Crippen LogP contribution in [0, 0.1) is 5.92 Å². The van der Waals surface area contributed by atoms with Crippen LogP contribution in [0.4, 0.5) is 11.4 Å². The summed E-state index contributed by atoms with van der Waals surface area (Å²) in [4.78, 5) is 6.88. The standard InChI is InChI=1S/C19H22BrClN4O.HI/c1-26-18-6-5-15(10-17(18)21)24-19(22)23-11-13-7-8-25(12-13)16-4-2-3-14(20)9-16;/h2-6,9-10,13H,7-8,11-12H2,1H3,(H3,22,23,24);1H. The van der Waals surface area contributed by atoms with E-state index in [0.717, 1.165) is 29.7 Å². The van der Waals surface area contributed by atoms with Gasteiger partial charge in [-0.2, -0.15) is 0 Å². The number of ether oxygens (including phenoxy) is 1. The van der Waals surface area contributed by atoms with Crippen molar-refractivity contribution in [3.8, 4) is 5.75 Å². The van der Waals surface area contributed by atoms with Gasteiger partial charge in [0, 0.05) is 35.5 Å². The quantitative estimate of drug-likeness (QED) is 0.305. The Kier molecular flexibility index (Phi) is 8.50. The number of anilines is 2. The van der Waals surface area contributed by atoms with Crippen molar-refractivity contribution in [1.29, 1.82) is 0 Å². The largest absolute Gasteiger partial charge is 0.495 e. The number of aliphatic imine (C=N–C) groups is 1. The monoisotopic (exact) mass is 564 g/mol. The summed E-state index contributed by atoms with van der Waals surface area (Å²) in [6.45, 7) is 2.73. The lowest BCUT2D eigenvalue weighted by molar-refractivity contribution is 0.415. The predicted molar refractivity (Wildman–Crippen MR) is 128 cm³/mol. The number of hydrogen-bond donors (Lipinski definition) is 2. The van der Waals surface area contributed by atoms with Crippen molar-refractivity contribution in [3.63, 3.8) is 0 Å². The topological polar surface area (TPSA) is 62.9 Å². The van der Waals surface area contributed by atoms with E-state index in [-0.39, 0.29) is 24.0 Å². The molecule has 0 spiro atoms. The van der Waals surface area contributed by atoms with Crippen LogP contribution >= 0.6 is 51.5 Å². The molecule has 1 unspecified atom stereocenters. The van der Waals surface area contributed by atoms with E-state index in [9.17, 15) is 0 Å². The number of benzene rings is 2. The van der Waals surface area contributed by atoms with E-state index >= 15 is 0 Å². The molecule has 0 saturated carbocycles. The van der Waals surface area contributed by atoms with Crippen LogP contribution in [0.5, 0.6) is 5.75 Å². The molecule has 1 atom stereocenters. The number of nitrogens with one attached hydrogen (secondary N) is 1. The van der Waals surface area contributed by atoms with Gasteiger partial charge in [-0.05, 0) is 48.7 Å². The normalized spacial score (nSPS) is 16.8. The van der Waals surface area contributed by atoms with Gasteiger partial charge in [0.15, 0.2) is 5.96 Å². The van der Waals surface area contributed by atoms with Crippen molar-refractivity contribution in [2.45, 2.75) is 6.42 Å². The number of hydrogen-bond acceptors (Lipinski definition) is 3. The fourth-order valence-electron chi connectivity index (χ4n) is 3.05. The maximum absolute atomic E-state index is 6.12. The van der Waals surface area contributed by atoms with Crippen molar-refractivity contribution in [2.75, 3.05) is 37.0 Å². The van der Waals surface area contributed by atoms with Crippen molar-refractivity contribution in [2.24, 2.45) is 16.6 Å². The van der Waals surface area contributed by atoms with E-state index in [2.05, 4.69) is 49.3 Å². The molecule has 1 aliphatic heterocycles. The Hall–Kier alpha value is -1.19. The second-order valence-electron chi connectivity index (χ2n) is 6.28. The van der Waals surface area contributed by atoms with Gasteiger partial charge in [0.2, 0.25) is 0 Å². The molecule has 2 aromatic carbocycles. The summed E-state index contributed by atoms with van der Waals surface area (Å²) in [5.41, 5.74) is 8.05. The minimum Gasteiger partial charge on any atom is -0.495 e. The van der Waals surface area contributed by atoms with E-state index < -0.39 is 0 Å². The Balaban J connectivity index is 0.00000261. The molecule has 1 aliphatic rings. The van der Waals surface area contributed by atoms with Crippen LogP contribution in [-0.2, 0) is 0 Å². The van der Waals surface area contributed by atoms with E-state index in [1.54, 1.807) is 19.2 Å². The van der Waals surface area contributed by atoms with Gasteiger partial charge in [0.25, 0.3) is 0 Å². The molecule has 0 radical (unpaired) electrons. The number of nitrogens with two attached hydrogens (primary N) is 1. The number of halogens is 3. The summed E-state index contributed by atoms with van der Waals surface area (Å²) in [6, 6.07) is 13.8. The summed E-state index contributed by atoms with van der Waals surface area (Å²) in [6.07, 6.45) is 1.11. The molecule has 0 aliphatic carbocycles. The number of nitrogens with zero attached hydrogens (tertiary/aromatic N) is 2. The molecule has 1 heterocycles. The van der Waals surface area contributed by atoms with Crippen LogP contribution in [0.3, 0.4) is 0 Å². The molecule has 0 aromatic heterocycles. The van der Waals surface area contributed by atoms with Gasteiger partial charge in [-0.15, -0.1) is 24.0 Å². The van der Waals surface area contributed by atoms with Crippen LogP contribution < -0.4 is 20.7 Å². The van der Waals surface area contributed by atoms with E-state index in [0.29, 0.717) is 29.2 Å². The van der Waals surface area contributed by atoms with Crippen molar-refractivity contribution < 1.29 is 4.74 Å². The molecule has 5 nitrogen and oxygen atoms in total. The van der Waals surface area contributed by atoms with E-state index in [4.69, 9.17) is 22.1 Å². The van der Waals surface area contributed by atoms with Gasteiger partial charge in [-0.25, -0.2) is 0 Å². The minimum absolute atomic E-state index is 0. The molecular formula is C19H23BrClIN4O.